The van der Waals surface area contributed by atoms with Gasteiger partial charge in [0.15, 0.2) is 5.82 Å². The Morgan fingerprint density at radius 2 is 2.12 bits per heavy atom. The monoisotopic (exact) mass is 224 g/mol. The van der Waals surface area contributed by atoms with Gasteiger partial charge in [0.05, 0.1) is 6.20 Å². The molecule has 3 N–H and O–H groups in total. The van der Waals surface area contributed by atoms with Gasteiger partial charge in [0, 0.05) is 39.3 Å². The van der Waals surface area contributed by atoms with E-state index in [2.05, 4.69) is 25.0 Å². The summed E-state index contributed by atoms with van der Waals surface area (Å²) in [5.41, 5.74) is 5.10. The topological polar surface area (TPSA) is 91.1 Å². The van der Waals surface area contributed by atoms with Crippen molar-refractivity contribution < 1.29 is 0 Å². The fraction of sp³-hybridized carbons (Fsp3) is 0.667. The highest BCUT2D eigenvalue weighted by atomic mass is 16.1. The van der Waals surface area contributed by atoms with Crippen LogP contribution in [-0.4, -0.2) is 59.3 Å². The normalized spacial score (nSPS) is 17.7. The molecule has 1 aromatic rings. The molecule has 1 aliphatic rings. The van der Waals surface area contributed by atoms with Gasteiger partial charge in [-0.2, -0.15) is 10.1 Å². The summed E-state index contributed by atoms with van der Waals surface area (Å²) < 4.78 is 0. The number of rotatable bonds is 3. The fourth-order valence-corrected chi connectivity index (χ4v) is 1.84. The van der Waals surface area contributed by atoms with Crippen molar-refractivity contribution in [2.24, 2.45) is 5.73 Å². The van der Waals surface area contributed by atoms with Gasteiger partial charge in [0.2, 0.25) is 0 Å². The van der Waals surface area contributed by atoms with Crippen LogP contribution in [0.4, 0.5) is 5.82 Å². The average Bonchev–Trinajstić information content (AvgIpc) is 2.30. The van der Waals surface area contributed by atoms with Gasteiger partial charge in [-0.3, -0.25) is 4.90 Å². The number of piperazine rings is 1. The Balaban J connectivity index is 1.96. The predicted molar refractivity (Wildman–Crippen MR) is 60.4 cm³/mol. The van der Waals surface area contributed by atoms with Crippen molar-refractivity contribution in [2.75, 3.05) is 44.2 Å². The first-order chi connectivity index (χ1) is 7.79. The molecule has 1 aromatic heterocycles. The highest BCUT2D eigenvalue weighted by molar-refractivity contribution is 5.34. The molecule has 0 bridgehead atoms. The minimum Gasteiger partial charge on any atom is -0.353 e. The second kappa shape index (κ2) is 5.04. The molecule has 0 atom stereocenters. The minimum atomic E-state index is -0.401. The highest BCUT2D eigenvalue weighted by Gasteiger charge is 2.17. The van der Waals surface area contributed by atoms with Crippen LogP contribution in [0.15, 0.2) is 11.0 Å². The second-order valence-corrected chi connectivity index (χ2v) is 3.76. The summed E-state index contributed by atoms with van der Waals surface area (Å²) >= 11 is 0. The molecule has 0 saturated carbocycles. The molecule has 0 radical (unpaired) electrons. The van der Waals surface area contributed by atoms with Crippen LogP contribution in [0.25, 0.3) is 0 Å². The Morgan fingerprint density at radius 1 is 1.38 bits per heavy atom. The Bertz CT molecular complexity index is 384. The zero-order valence-electron chi connectivity index (χ0n) is 9.09. The minimum absolute atomic E-state index is 0.401. The van der Waals surface area contributed by atoms with Gasteiger partial charge >= 0.3 is 5.69 Å². The van der Waals surface area contributed by atoms with Crippen LogP contribution in [0.1, 0.15) is 0 Å². The molecule has 1 fully saturated rings. The van der Waals surface area contributed by atoms with Crippen molar-refractivity contribution in [3.63, 3.8) is 0 Å². The number of aromatic amines is 1. The van der Waals surface area contributed by atoms with E-state index in [1.54, 1.807) is 6.20 Å². The Labute approximate surface area is 93.3 Å². The van der Waals surface area contributed by atoms with Crippen molar-refractivity contribution in [1.82, 2.24) is 20.1 Å². The Morgan fingerprint density at radius 3 is 2.75 bits per heavy atom. The van der Waals surface area contributed by atoms with Gasteiger partial charge in [-0.15, -0.1) is 0 Å². The van der Waals surface area contributed by atoms with E-state index >= 15 is 0 Å². The van der Waals surface area contributed by atoms with E-state index in [1.807, 2.05) is 0 Å². The van der Waals surface area contributed by atoms with Crippen LogP contribution < -0.4 is 16.3 Å². The molecule has 0 spiro atoms. The second-order valence-electron chi connectivity index (χ2n) is 3.76. The zero-order chi connectivity index (χ0) is 11.4. The number of nitrogens with two attached hydrogens (primary N) is 1. The van der Waals surface area contributed by atoms with Crippen LogP contribution in [-0.2, 0) is 0 Å². The number of nitrogens with zero attached hydrogens (tertiary/aromatic N) is 4. The molecule has 0 amide bonds. The molecule has 0 unspecified atom stereocenters. The lowest BCUT2D eigenvalue weighted by Gasteiger charge is -2.34. The van der Waals surface area contributed by atoms with Gasteiger partial charge in [-0.1, -0.05) is 0 Å². The van der Waals surface area contributed by atoms with Crippen LogP contribution in [0.5, 0.6) is 0 Å². The number of H-pyrrole nitrogens is 1. The van der Waals surface area contributed by atoms with E-state index in [4.69, 9.17) is 5.73 Å². The molecule has 88 valence electrons. The predicted octanol–water partition coefficient (Wildman–Crippen LogP) is -1.75. The summed E-state index contributed by atoms with van der Waals surface area (Å²) in [6.45, 7) is 5.23. The van der Waals surface area contributed by atoms with Crippen LogP contribution in [0.3, 0.4) is 0 Å². The van der Waals surface area contributed by atoms with E-state index in [1.165, 1.54) is 0 Å². The van der Waals surface area contributed by atoms with Crippen molar-refractivity contribution in [3.05, 3.63) is 16.7 Å². The Kier molecular flexibility index (Phi) is 3.47. The van der Waals surface area contributed by atoms with Gasteiger partial charge in [-0.25, -0.2) is 9.89 Å². The smallest absolute Gasteiger partial charge is 0.353 e. The lowest BCUT2D eigenvalue weighted by molar-refractivity contribution is 0.264. The number of hydrogen-bond donors (Lipinski definition) is 2. The molecular weight excluding hydrogens is 208 g/mol. The van der Waals surface area contributed by atoms with Crippen molar-refractivity contribution in [1.29, 1.82) is 0 Å². The summed E-state index contributed by atoms with van der Waals surface area (Å²) in [6, 6.07) is 0. The lowest BCUT2D eigenvalue weighted by Crippen LogP contribution is -2.48. The molecule has 1 saturated heterocycles. The van der Waals surface area contributed by atoms with E-state index in [9.17, 15) is 4.79 Å². The molecule has 1 aliphatic heterocycles. The first-order valence-corrected chi connectivity index (χ1v) is 5.38. The first-order valence-electron chi connectivity index (χ1n) is 5.38. The summed E-state index contributed by atoms with van der Waals surface area (Å²) in [5.74, 6) is 0.649. The maximum absolute atomic E-state index is 11.0. The van der Waals surface area contributed by atoms with Gasteiger partial charge in [0.25, 0.3) is 0 Å². The fourth-order valence-electron chi connectivity index (χ4n) is 1.84. The third-order valence-electron chi connectivity index (χ3n) is 2.70. The van der Waals surface area contributed by atoms with Gasteiger partial charge in [-0.05, 0) is 0 Å². The molecule has 16 heavy (non-hydrogen) atoms. The molecule has 2 rings (SSSR count). The third kappa shape index (κ3) is 2.56. The van der Waals surface area contributed by atoms with Crippen molar-refractivity contribution >= 4 is 5.82 Å². The summed E-state index contributed by atoms with van der Waals surface area (Å²) in [5, 5.41) is 6.01. The lowest BCUT2D eigenvalue weighted by atomic mass is 10.3. The summed E-state index contributed by atoms with van der Waals surface area (Å²) in [6.07, 6.45) is 1.58. The molecule has 7 heteroatoms. The molecule has 0 aliphatic carbocycles. The third-order valence-corrected chi connectivity index (χ3v) is 2.70. The number of anilines is 1. The zero-order valence-corrected chi connectivity index (χ0v) is 9.09. The number of nitrogens with one attached hydrogen (secondary N) is 1. The quantitative estimate of drug-likeness (QED) is 0.632. The largest absolute Gasteiger partial charge is 0.363 e. The van der Waals surface area contributed by atoms with Gasteiger partial charge < -0.3 is 10.6 Å². The Hall–Kier alpha value is -1.47. The van der Waals surface area contributed by atoms with Crippen molar-refractivity contribution in [2.45, 2.75) is 0 Å². The maximum Gasteiger partial charge on any atom is 0.363 e. The molecular formula is C9H16N6O. The van der Waals surface area contributed by atoms with Gasteiger partial charge in [0.1, 0.15) is 0 Å². The van der Waals surface area contributed by atoms with E-state index in [0.717, 1.165) is 32.7 Å². The van der Waals surface area contributed by atoms with Crippen molar-refractivity contribution in [3.8, 4) is 0 Å². The summed E-state index contributed by atoms with van der Waals surface area (Å²) in [4.78, 5) is 19.3. The average molecular weight is 224 g/mol. The van der Waals surface area contributed by atoms with E-state index < -0.39 is 5.69 Å². The number of aromatic nitrogens is 3. The van der Waals surface area contributed by atoms with Crippen LogP contribution in [0.2, 0.25) is 0 Å². The standard InChI is InChI=1S/C9H16N6O/c10-1-2-14-3-5-15(6-4-14)8-7-11-13-9(16)12-8/h7H,1-6,10H2,(H,12,13,16). The highest BCUT2D eigenvalue weighted by Crippen LogP contribution is 2.09. The first kappa shape index (κ1) is 11.0. The van der Waals surface area contributed by atoms with Crippen LogP contribution >= 0.6 is 0 Å². The molecule has 0 aromatic carbocycles. The molecule has 7 nitrogen and oxygen atoms in total. The number of hydrogen-bond acceptors (Lipinski definition) is 6. The van der Waals surface area contributed by atoms with Crippen LogP contribution in [0, 0.1) is 0 Å². The SMILES string of the molecule is NCCN1CCN(c2cn[nH]c(=O)n2)CC1. The summed E-state index contributed by atoms with van der Waals surface area (Å²) in [7, 11) is 0. The maximum atomic E-state index is 11.0. The van der Waals surface area contributed by atoms with E-state index in [-0.39, 0.29) is 0 Å². The molecule has 2 heterocycles. The van der Waals surface area contributed by atoms with E-state index in [0.29, 0.717) is 12.4 Å².